The number of ether oxygens (including phenoxy) is 1. The topological polar surface area (TPSA) is 87.8 Å². The van der Waals surface area contributed by atoms with Crippen molar-refractivity contribution in [2.75, 3.05) is 32.5 Å². The number of aliphatic hydroxyl groups is 1. The van der Waals surface area contributed by atoms with Gasteiger partial charge in [0.15, 0.2) is 0 Å². The number of nitrogens with two attached hydrogens (primary N) is 1. The van der Waals surface area contributed by atoms with Crippen molar-refractivity contribution in [2.45, 2.75) is 84.2 Å². The normalized spacial score (nSPS) is 18.7. The molecule has 1 aromatic carbocycles. The van der Waals surface area contributed by atoms with Crippen molar-refractivity contribution >= 4 is 31.0 Å². The number of anilines is 1. The number of nitrogens with zero attached hydrogens (tertiary/aromatic N) is 1. The van der Waals surface area contributed by atoms with E-state index in [4.69, 9.17) is 22.1 Å². The molecular weight excluding hydrogens is 461 g/mol. The summed E-state index contributed by atoms with van der Waals surface area (Å²) >= 11 is 6.11. The summed E-state index contributed by atoms with van der Waals surface area (Å²) in [6.07, 6.45) is 3.74. The van der Waals surface area contributed by atoms with Crippen molar-refractivity contribution < 1.29 is 14.6 Å². The van der Waals surface area contributed by atoms with E-state index in [-0.39, 0.29) is 34.7 Å². The summed E-state index contributed by atoms with van der Waals surface area (Å²) in [4.78, 5) is 15.3. The zero-order chi connectivity index (χ0) is 26.6. The zero-order valence-corrected chi connectivity index (χ0v) is 23.8. The van der Waals surface area contributed by atoms with Gasteiger partial charge in [-0.1, -0.05) is 51.0 Å². The zero-order valence-electron chi connectivity index (χ0n) is 23.1. The van der Waals surface area contributed by atoms with E-state index in [9.17, 15) is 9.90 Å². The Bertz CT molecular complexity index is 851. The van der Waals surface area contributed by atoms with Crippen LogP contribution in [-0.2, 0) is 0 Å². The summed E-state index contributed by atoms with van der Waals surface area (Å²) < 4.78 is 5.31. The van der Waals surface area contributed by atoms with E-state index < -0.39 is 0 Å². The maximum absolute atomic E-state index is 12.8. The standard InChI is InChI=1S/C27H47BClN3O3/c1-17(14-26(3,4)28)24(33)18(2)15-27(5,6)32-10-8-19(9-11-32)16-31-25(34)20-12-21(29)22(30)13-23(20)35-7/h12-13,17-19,24,33H,8-11,14-16,28,30H2,1-7H3,(H,31,34). The number of carbonyl (C=O) groups excluding carboxylic acids is 1. The molecule has 198 valence electrons. The number of piperidine rings is 1. The molecule has 0 bridgehead atoms. The van der Waals surface area contributed by atoms with Gasteiger partial charge in [0.25, 0.3) is 5.91 Å². The number of methoxy groups -OCH3 is 1. The van der Waals surface area contributed by atoms with Gasteiger partial charge in [-0.25, -0.2) is 0 Å². The average Bonchev–Trinajstić information content (AvgIpc) is 2.77. The predicted molar refractivity (Wildman–Crippen MR) is 149 cm³/mol. The number of likely N-dealkylation sites (tertiary alicyclic amines) is 1. The Morgan fingerprint density at radius 1 is 1.23 bits per heavy atom. The molecule has 3 unspecified atom stereocenters. The molecule has 2 rings (SSSR count). The molecule has 35 heavy (non-hydrogen) atoms. The van der Waals surface area contributed by atoms with Crippen LogP contribution in [0.5, 0.6) is 5.75 Å². The van der Waals surface area contributed by atoms with Crippen LogP contribution in [0.15, 0.2) is 12.1 Å². The lowest BCUT2D eigenvalue weighted by molar-refractivity contribution is 0.00703. The SMILES string of the molecule is BC(C)(C)CC(C)C(O)C(C)CC(C)(C)N1CCC(CNC(=O)c2cc(Cl)c(N)cc2OC)CC1. The number of nitrogens with one attached hydrogen (secondary N) is 1. The van der Waals surface area contributed by atoms with Gasteiger partial charge in [0.05, 0.1) is 29.5 Å². The molecule has 0 aromatic heterocycles. The number of benzene rings is 1. The number of rotatable bonds is 11. The molecule has 1 aliphatic heterocycles. The number of amides is 1. The molecule has 1 amide bonds. The molecule has 1 heterocycles. The molecule has 6 nitrogen and oxygen atoms in total. The van der Waals surface area contributed by atoms with Crippen molar-refractivity contribution in [2.24, 2.45) is 17.8 Å². The first kappa shape index (κ1) is 29.8. The van der Waals surface area contributed by atoms with Crippen LogP contribution >= 0.6 is 11.6 Å². The number of hydrogen-bond acceptors (Lipinski definition) is 5. The summed E-state index contributed by atoms with van der Waals surface area (Å²) in [7, 11) is 3.75. The van der Waals surface area contributed by atoms with Crippen molar-refractivity contribution in [3.63, 3.8) is 0 Å². The summed E-state index contributed by atoms with van der Waals surface area (Å²) in [6, 6.07) is 3.15. The first-order valence-corrected chi connectivity index (χ1v) is 13.4. The monoisotopic (exact) mass is 507 g/mol. The lowest BCUT2D eigenvalue weighted by Gasteiger charge is -2.45. The van der Waals surface area contributed by atoms with Crippen molar-refractivity contribution in [3.8, 4) is 5.75 Å². The molecule has 0 radical (unpaired) electrons. The van der Waals surface area contributed by atoms with E-state index in [1.807, 2.05) is 0 Å². The van der Waals surface area contributed by atoms with Crippen LogP contribution in [0, 0.1) is 17.8 Å². The second kappa shape index (κ2) is 12.2. The van der Waals surface area contributed by atoms with Gasteiger partial charge in [-0.3, -0.25) is 9.69 Å². The van der Waals surface area contributed by atoms with Gasteiger partial charge >= 0.3 is 0 Å². The van der Waals surface area contributed by atoms with Crippen LogP contribution in [0.1, 0.15) is 77.6 Å². The molecule has 1 saturated heterocycles. The molecule has 8 heteroatoms. The fourth-order valence-corrected chi connectivity index (χ4v) is 5.84. The van der Waals surface area contributed by atoms with E-state index in [0.29, 0.717) is 34.5 Å². The number of carbonyl (C=O) groups is 1. The number of nitrogen functional groups attached to an aromatic ring is 1. The summed E-state index contributed by atoms with van der Waals surface area (Å²) in [5, 5.41) is 14.6. The van der Waals surface area contributed by atoms with Gasteiger partial charge in [0.1, 0.15) is 13.6 Å². The minimum absolute atomic E-state index is 0.0180. The van der Waals surface area contributed by atoms with E-state index in [2.05, 4.69) is 59.6 Å². The quantitative estimate of drug-likeness (QED) is 0.305. The molecule has 4 N–H and O–H groups in total. The number of hydrogen-bond donors (Lipinski definition) is 3. The minimum Gasteiger partial charge on any atom is -0.496 e. The fourth-order valence-electron chi connectivity index (χ4n) is 5.68. The van der Waals surface area contributed by atoms with Crippen LogP contribution < -0.4 is 15.8 Å². The van der Waals surface area contributed by atoms with Gasteiger partial charge in [-0.2, -0.15) is 0 Å². The van der Waals surface area contributed by atoms with E-state index in [1.165, 1.54) is 7.11 Å². The maximum atomic E-state index is 12.8. The summed E-state index contributed by atoms with van der Waals surface area (Å²) in [6.45, 7) is 16.0. The minimum atomic E-state index is -0.292. The Morgan fingerprint density at radius 2 is 1.80 bits per heavy atom. The molecule has 0 spiro atoms. The van der Waals surface area contributed by atoms with E-state index in [0.717, 1.165) is 38.8 Å². The lowest BCUT2D eigenvalue weighted by atomic mass is 9.65. The van der Waals surface area contributed by atoms with Crippen molar-refractivity contribution in [3.05, 3.63) is 22.7 Å². The highest BCUT2D eigenvalue weighted by molar-refractivity contribution is 6.33. The van der Waals surface area contributed by atoms with Crippen molar-refractivity contribution in [1.29, 1.82) is 0 Å². The first-order chi connectivity index (χ1) is 16.1. The maximum Gasteiger partial charge on any atom is 0.255 e. The molecule has 0 saturated carbocycles. The highest BCUT2D eigenvalue weighted by Crippen LogP contribution is 2.35. The van der Waals surface area contributed by atoms with Gasteiger partial charge in [-0.15, -0.1) is 0 Å². The Labute approximate surface area is 218 Å². The average molecular weight is 508 g/mol. The largest absolute Gasteiger partial charge is 0.496 e. The highest BCUT2D eigenvalue weighted by atomic mass is 35.5. The van der Waals surface area contributed by atoms with Crippen molar-refractivity contribution in [1.82, 2.24) is 10.2 Å². The van der Waals surface area contributed by atoms with Crippen LogP contribution in [0.25, 0.3) is 0 Å². The summed E-state index contributed by atoms with van der Waals surface area (Å²) in [5.41, 5.74) is 6.64. The molecule has 1 aromatic rings. The van der Waals surface area contributed by atoms with Gasteiger partial charge in [-0.05, 0) is 70.0 Å². The third kappa shape index (κ3) is 8.57. The lowest BCUT2D eigenvalue weighted by Crippen LogP contribution is -2.51. The van der Waals surface area contributed by atoms with Crippen LogP contribution in [0.2, 0.25) is 10.3 Å². The Balaban J connectivity index is 1.86. The van der Waals surface area contributed by atoms with Crippen LogP contribution in [0.4, 0.5) is 5.69 Å². The number of aliphatic hydroxyl groups excluding tert-OH is 1. The van der Waals surface area contributed by atoms with Crippen LogP contribution in [-0.4, -0.2) is 62.1 Å². The molecule has 1 aliphatic rings. The Kier molecular flexibility index (Phi) is 10.4. The summed E-state index contributed by atoms with van der Waals surface area (Å²) in [5.74, 6) is 1.18. The fraction of sp³-hybridized carbons (Fsp3) is 0.741. The van der Waals surface area contributed by atoms with Gasteiger partial charge in [0, 0.05) is 18.2 Å². The van der Waals surface area contributed by atoms with Gasteiger partial charge in [0.2, 0.25) is 0 Å². The third-order valence-corrected chi connectivity index (χ3v) is 7.83. The Hall–Kier alpha value is -1.44. The predicted octanol–water partition coefficient (Wildman–Crippen LogP) is 4.40. The molecule has 0 aliphatic carbocycles. The second-order valence-corrected chi connectivity index (χ2v) is 12.8. The highest BCUT2D eigenvalue weighted by Gasteiger charge is 2.35. The molecule has 3 atom stereocenters. The van der Waals surface area contributed by atoms with Gasteiger partial charge < -0.3 is 20.9 Å². The second-order valence-electron chi connectivity index (χ2n) is 12.4. The smallest absolute Gasteiger partial charge is 0.255 e. The Morgan fingerprint density at radius 3 is 2.34 bits per heavy atom. The van der Waals surface area contributed by atoms with E-state index in [1.54, 1.807) is 12.1 Å². The third-order valence-electron chi connectivity index (χ3n) is 7.51. The molecule has 1 fully saturated rings. The first-order valence-electron chi connectivity index (χ1n) is 13.0. The number of halogens is 1. The molecular formula is C27H47BClN3O3. The van der Waals surface area contributed by atoms with Crippen LogP contribution in [0.3, 0.4) is 0 Å². The van der Waals surface area contributed by atoms with E-state index >= 15 is 0 Å².